The van der Waals surface area contributed by atoms with E-state index in [0.717, 1.165) is 12.8 Å². The van der Waals surface area contributed by atoms with E-state index < -0.39 is 13.4 Å². The van der Waals surface area contributed by atoms with Crippen LogP contribution in [0.25, 0.3) is 0 Å². The SMILES string of the molecule is CCCCCCCCCCC(O)P(=O)(OCC)OCC. The highest BCUT2D eigenvalue weighted by Crippen LogP contribution is 2.53. The molecule has 0 aliphatic heterocycles. The summed E-state index contributed by atoms with van der Waals surface area (Å²) in [6.45, 7) is 6.33. The summed E-state index contributed by atoms with van der Waals surface area (Å²) in [6.07, 6.45) is 10.1. The Kier molecular flexibility index (Phi) is 12.9. The van der Waals surface area contributed by atoms with Crippen LogP contribution in [0.2, 0.25) is 0 Å². The van der Waals surface area contributed by atoms with Gasteiger partial charge in [-0.25, -0.2) is 0 Å². The predicted octanol–water partition coefficient (Wildman–Crippen LogP) is 5.10. The summed E-state index contributed by atoms with van der Waals surface area (Å²) in [5.74, 6) is -0.984. The molecule has 5 heteroatoms. The quantitative estimate of drug-likeness (QED) is 0.358. The van der Waals surface area contributed by atoms with E-state index in [-0.39, 0.29) is 0 Å². The molecule has 0 aromatic rings. The van der Waals surface area contributed by atoms with Gasteiger partial charge in [0.1, 0.15) is 0 Å². The van der Waals surface area contributed by atoms with Crippen LogP contribution >= 0.6 is 7.60 Å². The Morgan fingerprint density at radius 1 is 0.850 bits per heavy atom. The molecule has 4 nitrogen and oxygen atoms in total. The Hall–Kier alpha value is 0.110. The molecule has 0 heterocycles. The van der Waals surface area contributed by atoms with Gasteiger partial charge in [-0.3, -0.25) is 4.57 Å². The van der Waals surface area contributed by atoms with Gasteiger partial charge in [0.05, 0.1) is 13.2 Å². The topological polar surface area (TPSA) is 55.8 Å². The zero-order valence-electron chi connectivity index (χ0n) is 13.5. The number of aliphatic hydroxyl groups excluding tert-OH is 1. The summed E-state index contributed by atoms with van der Waals surface area (Å²) < 4.78 is 22.5. The molecule has 0 aliphatic carbocycles. The molecule has 0 aliphatic rings. The van der Waals surface area contributed by atoms with Gasteiger partial charge < -0.3 is 14.2 Å². The third kappa shape index (κ3) is 9.12. The van der Waals surface area contributed by atoms with Gasteiger partial charge in [0.2, 0.25) is 0 Å². The van der Waals surface area contributed by atoms with Crippen molar-refractivity contribution in [2.45, 2.75) is 84.4 Å². The van der Waals surface area contributed by atoms with Crippen LogP contribution in [0, 0.1) is 0 Å². The molecule has 1 N–H and O–H groups in total. The lowest BCUT2D eigenvalue weighted by atomic mass is 10.1. The lowest BCUT2D eigenvalue weighted by Gasteiger charge is -2.22. The van der Waals surface area contributed by atoms with E-state index in [0.29, 0.717) is 19.6 Å². The fraction of sp³-hybridized carbons (Fsp3) is 1.00. The zero-order valence-corrected chi connectivity index (χ0v) is 14.4. The number of rotatable bonds is 14. The molecular formula is C15H33O4P. The normalized spacial score (nSPS) is 13.6. The summed E-state index contributed by atoms with van der Waals surface area (Å²) in [7, 11) is -3.33. The number of unbranched alkanes of at least 4 members (excludes halogenated alkanes) is 7. The molecule has 0 rings (SSSR count). The number of hydrogen-bond acceptors (Lipinski definition) is 4. The summed E-state index contributed by atoms with van der Waals surface area (Å²) in [4.78, 5) is 0. The summed E-state index contributed by atoms with van der Waals surface area (Å²) in [5.41, 5.74) is 0. The molecule has 1 unspecified atom stereocenters. The molecule has 0 spiro atoms. The Morgan fingerprint density at radius 3 is 1.75 bits per heavy atom. The van der Waals surface area contributed by atoms with Crippen LogP contribution in [-0.2, 0) is 13.6 Å². The molecule has 0 aromatic carbocycles. The highest BCUT2D eigenvalue weighted by molar-refractivity contribution is 7.54. The van der Waals surface area contributed by atoms with Crippen LogP contribution < -0.4 is 0 Å². The van der Waals surface area contributed by atoms with Crippen LogP contribution in [-0.4, -0.2) is 24.2 Å². The van der Waals surface area contributed by atoms with Crippen molar-refractivity contribution in [2.24, 2.45) is 0 Å². The Bertz CT molecular complexity index is 248. The Labute approximate surface area is 124 Å². The molecular weight excluding hydrogens is 275 g/mol. The van der Waals surface area contributed by atoms with Crippen LogP contribution in [0.5, 0.6) is 0 Å². The lowest BCUT2D eigenvalue weighted by molar-refractivity contribution is 0.142. The van der Waals surface area contributed by atoms with Crippen molar-refractivity contribution >= 4 is 7.60 Å². The van der Waals surface area contributed by atoms with Gasteiger partial charge in [-0.05, 0) is 20.3 Å². The third-order valence-electron chi connectivity index (χ3n) is 3.30. The van der Waals surface area contributed by atoms with E-state index >= 15 is 0 Å². The van der Waals surface area contributed by atoms with Crippen molar-refractivity contribution < 1.29 is 18.7 Å². The van der Waals surface area contributed by atoms with E-state index in [1.165, 1.54) is 38.5 Å². The summed E-state index contributed by atoms with van der Waals surface area (Å²) >= 11 is 0. The van der Waals surface area contributed by atoms with Gasteiger partial charge in [0.15, 0.2) is 5.85 Å². The van der Waals surface area contributed by atoms with Crippen molar-refractivity contribution in [3.63, 3.8) is 0 Å². The smallest absolute Gasteiger partial charge is 0.358 e. The van der Waals surface area contributed by atoms with Crippen LogP contribution in [0.3, 0.4) is 0 Å². The molecule has 0 radical (unpaired) electrons. The highest BCUT2D eigenvalue weighted by atomic mass is 31.2. The first kappa shape index (κ1) is 20.1. The monoisotopic (exact) mass is 308 g/mol. The highest BCUT2D eigenvalue weighted by Gasteiger charge is 2.33. The minimum Gasteiger partial charge on any atom is -0.380 e. The predicted molar refractivity (Wildman–Crippen MR) is 84.1 cm³/mol. The summed E-state index contributed by atoms with van der Waals surface area (Å²) in [6, 6.07) is 0. The maximum atomic E-state index is 12.3. The molecule has 20 heavy (non-hydrogen) atoms. The average Bonchev–Trinajstić information content (AvgIpc) is 2.42. The average molecular weight is 308 g/mol. The van der Waals surface area contributed by atoms with E-state index in [9.17, 15) is 9.67 Å². The first-order chi connectivity index (χ1) is 9.60. The van der Waals surface area contributed by atoms with Crippen LogP contribution in [0.1, 0.15) is 78.6 Å². The number of hydrogen-bond donors (Lipinski definition) is 1. The molecule has 0 fully saturated rings. The van der Waals surface area contributed by atoms with E-state index in [1.807, 2.05) is 0 Å². The van der Waals surface area contributed by atoms with Crippen molar-refractivity contribution in [3.05, 3.63) is 0 Å². The van der Waals surface area contributed by atoms with E-state index in [4.69, 9.17) is 9.05 Å². The Morgan fingerprint density at radius 2 is 1.30 bits per heavy atom. The van der Waals surface area contributed by atoms with Crippen LogP contribution in [0.15, 0.2) is 0 Å². The second-order valence-corrected chi connectivity index (χ2v) is 7.31. The van der Waals surface area contributed by atoms with E-state index in [2.05, 4.69) is 6.92 Å². The van der Waals surface area contributed by atoms with Gasteiger partial charge in [-0.1, -0.05) is 58.3 Å². The second kappa shape index (κ2) is 12.8. The molecule has 0 saturated heterocycles. The van der Waals surface area contributed by atoms with Crippen molar-refractivity contribution in [1.29, 1.82) is 0 Å². The molecule has 0 saturated carbocycles. The minimum absolute atomic E-state index is 0.297. The molecule has 0 aromatic heterocycles. The Balaban J connectivity index is 3.74. The lowest BCUT2D eigenvalue weighted by Crippen LogP contribution is -2.12. The zero-order chi connectivity index (χ0) is 15.3. The largest absolute Gasteiger partial charge is 0.380 e. The maximum Gasteiger partial charge on any atom is 0.358 e. The molecule has 122 valence electrons. The molecule has 1 atom stereocenters. The van der Waals surface area contributed by atoms with Gasteiger partial charge in [-0.2, -0.15) is 0 Å². The number of aliphatic hydroxyl groups is 1. The van der Waals surface area contributed by atoms with Gasteiger partial charge in [0, 0.05) is 0 Å². The standard InChI is InChI=1S/C15H33O4P/c1-4-7-8-9-10-11-12-13-14-15(16)20(17,18-5-2)19-6-3/h15-16H,4-14H2,1-3H3. The molecule has 0 amide bonds. The van der Waals surface area contributed by atoms with Gasteiger partial charge in [0.25, 0.3) is 0 Å². The second-order valence-electron chi connectivity index (χ2n) is 5.12. The fourth-order valence-corrected chi connectivity index (χ4v) is 3.83. The van der Waals surface area contributed by atoms with Gasteiger partial charge >= 0.3 is 7.60 Å². The third-order valence-corrected chi connectivity index (χ3v) is 5.52. The maximum absolute atomic E-state index is 12.3. The molecule has 0 bridgehead atoms. The van der Waals surface area contributed by atoms with Gasteiger partial charge in [-0.15, -0.1) is 0 Å². The van der Waals surface area contributed by atoms with Crippen molar-refractivity contribution in [3.8, 4) is 0 Å². The first-order valence-electron chi connectivity index (χ1n) is 8.17. The fourth-order valence-electron chi connectivity index (χ4n) is 2.19. The minimum atomic E-state index is -3.33. The van der Waals surface area contributed by atoms with E-state index in [1.54, 1.807) is 13.8 Å². The van der Waals surface area contributed by atoms with Crippen molar-refractivity contribution in [1.82, 2.24) is 0 Å². The summed E-state index contributed by atoms with van der Waals surface area (Å²) in [5, 5.41) is 9.99. The first-order valence-corrected chi connectivity index (χ1v) is 9.78. The van der Waals surface area contributed by atoms with Crippen LogP contribution in [0.4, 0.5) is 0 Å². The van der Waals surface area contributed by atoms with Crippen molar-refractivity contribution in [2.75, 3.05) is 13.2 Å².